The molecule has 0 atom stereocenters. The highest BCUT2D eigenvalue weighted by molar-refractivity contribution is 5.75. The van der Waals surface area contributed by atoms with Gasteiger partial charge in [0.25, 0.3) is 0 Å². The van der Waals surface area contributed by atoms with Crippen molar-refractivity contribution in [1.29, 1.82) is 0 Å². The normalized spacial score (nSPS) is 12.4. The topological polar surface area (TPSA) is 57.0 Å². The summed E-state index contributed by atoms with van der Waals surface area (Å²) >= 11 is 0. The zero-order chi connectivity index (χ0) is 20.0. The quantitative estimate of drug-likeness (QED) is 0.477. The van der Waals surface area contributed by atoms with E-state index in [0.717, 1.165) is 22.2 Å². The summed E-state index contributed by atoms with van der Waals surface area (Å²) < 4.78 is 5.68. The van der Waals surface area contributed by atoms with Crippen LogP contribution >= 0.6 is 0 Å². The lowest BCUT2D eigenvalue weighted by Crippen LogP contribution is -2.21. The number of fused-ring (bicyclic) bond motifs is 1. The molecule has 3 rings (SSSR count). The Labute approximate surface area is 160 Å². The molecule has 0 amide bonds. The van der Waals surface area contributed by atoms with Crippen LogP contribution in [0.5, 0.6) is 5.75 Å². The Kier molecular flexibility index (Phi) is 4.58. The minimum absolute atomic E-state index is 0.0733. The van der Waals surface area contributed by atoms with E-state index in [4.69, 9.17) is 4.74 Å². The molecule has 1 heterocycles. The van der Waals surface area contributed by atoms with Crippen molar-refractivity contribution in [3.8, 4) is 11.4 Å². The van der Waals surface area contributed by atoms with Gasteiger partial charge in [-0.1, -0.05) is 59.7 Å². The maximum atomic E-state index is 11.9. The fraction of sp³-hybridized carbons (Fsp3) is 0.409. The lowest BCUT2D eigenvalue weighted by Gasteiger charge is -2.28. The van der Waals surface area contributed by atoms with Crippen LogP contribution in [-0.4, -0.2) is 21.0 Å². The number of hydrogen-bond acceptors (Lipinski definition) is 4. The first-order valence-electron chi connectivity index (χ1n) is 9.17. The van der Waals surface area contributed by atoms with Crippen molar-refractivity contribution in [2.45, 2.75) is 59.3 Å². The van der Waals surface area contributed by atoms with Gasteiger partial charge < -0.3 is 4.74 Å². The Morgan fingerprint density at radius 3 is 1.93 bits per heavy atom. The molecule has 27 heavy (non-hydrogen) atoms. The van der Waals surface area contributed by atoms with Crippen molar-refractivity contribution in [2.75, 3.05) is 0 Å². The highest BCUT2D eigenvalue weighted by Crippen LogP contribution is 2.40. The minimum Gasteiger partial charge on any atom is -0.424 e. The standard InChI is InChI=1S/C22H27N3O2/c1-14(26)27-20-16(22(5,6)7)12-15(21(2,3)4)13-19(20)25-23-17-10-8-9-11-18(17)24-25/h8-13H,1-7H3. The number of carbonyl (C=O) groups is 1. The van der Waals surface area contributed by atoms with Crippen molar-refractivity contribution < 1.29 is 9.53 Å². The average molecular weight is 365 g/mol. The second kappa shape index (κ2) is 6.48. The largest absolute Gasteiger partial charge is 0.424 e. The van der Waals surface area contributed by atoms with Gasteiger partial charge >= 0.3 is 5.97 Å². The zero-order valence-corrected chi connectivity index (χ0v) is 17.1. The Hall–Kier alpha value is -2.69. The summed E-state index contributed by atoms with van der Waals surface area (Å²) in [5.41, 5.74) is 4.08. The van der Waals surface area contributed by atoms with Gasteiger partial charge in [0.1, 0.15) is 16.7 Å². The van der Waals surface area contributed by atoms with Crippen molar-refractivity contribution in [2.24, 2.45) is 0 Å². The van der Waals surface area contributed by atoms with E-state index in [1.54, 1.807) is 4.80 Å². The summed E-state index contributed by atoms with van der Waals surface area (Å²) in [5, 5.41) is 9.22. The van der Waals surface area contributed by atoms with Crippen LogP contribution < -0.4 is 4.74 Å². The molecule has 0 aliphatic heterocycles. The minimum atomic E-state index is -0.359. The third-order valence-electron chi connectivity index (χ3n) is 4.49. The van der Waals surface area contributed by atoms with Crippen LogP contribution in [0.1, 0.15) is 59.6 Å². The van der Waals surface area contributed by atoms with Gasteiger partial charge in [-0.15, -0.1) is 15.0 Å². The molecular formula is C22H27N3O2. The van der Waals surface area contributed by atoms with Gasteiger partial charge in [-0.2, -0.15) is 0 Å². The number of ether oxygens (including phenoxy) is 1. The van der Waals surface area contributed by atoms with Crippen LogP contribution in [0.15, 0.2) is 36.4 Å². The molecule has 0 aliphatic rings. The lowest BCUT2D eigenvalue weighted by molar-refractivity contribution is -0.131. The van der Waals surface area contributed by atoms with Gasteiger partial charge in [0, 0.05) is 12.5 Å². The predicted molar refractivity (Wildman–Crippen MR) is 108 cm³/mol. The van der Waals surface area contributed by atoms with Crippen LogP contribution in [0.2, 0.25) is 0 Å². The van der Waals surface area contributed by atoms with Gasteiger partial charge in [-0.25, -0.2) is 0 Å². The van der Waals surface area contributed by atoms with Crippen molar-refractivity contribution in [3.63, 3.8) is 0 Å². The molecule has 5 nitrogen and oxygen atoms in total. The van der Waals surface area contributed by atoms with Crippen LogP contribution in [0.4, 0.5) is 0 Å². The van der Waals surface area contributed by atoms with E-state index in [1.807, 2.05) is 30.3 Å². The molecule has 2 aromatic carbocycles. The maximum Gasteiger partial charge on any atom is 0.308 e. The Balaban J connectivity index is 2.36. The van der Waals surface area contributed by atoms with Crippen LogP contribution in [0.3, 0.4) is 0 Å². The molecule has 5 heteroatoms. The Bertz CT molecular complexity index is 972. The molecule has 0 aliphatic carbocycles. The molecule has 0 spiro atoms. The summed E-state index contributed by atoms with van der Waals surface area (Å²) in [7, 11) is 0. The van der Waals surface area contributed by atoms with E-state index in [0.29, 0.717) is 11.4 Å². The predicted octanol–water partition coefficient (Wildman–Crippen LogP) is 4.94. The molecule has 3 aromatic rings. The third-order valence-corrected chi connectivity index (χ3v) is 4.49. The van der Waals surface area contributed by atoms with Crippen LogP contribution in [-0.2, 0) is 15.6 Å². The SMILES string of the molecule is CC(=O)Oc1c(-n2nc3ccccc3n2)cc(C(C)(C)C)cc1C(C)(C)C. The molecular weight excluding hydrogens is 338 g/mol. The first-order chi connectivity index (χ1) is 12.5. The van der Waals surface area contributed by atoms with Gasteiger partial charge in [0.2, 0.25) is 0 Å². The number of carbonyl (C=O) groups excluding carboxylic acids is 1. The Morgan fingerprint density at radius 2 is 1.48 bits per heavy atom. The summed E-state index contributed by atoms with van der Waals surface area (Å²) in [6.45, 7) is 14.2. The fourth-order valence-corrected chi connectivity index (χ4v) is 2.97. The smallest absolute Gasteiger partial charge is 0.308 e. The molecule has 0 radical (unpaired) electrons. The second-order valence-electron chi connectivity index (χ2n) is 8.94. The van der Waals surface area contributed by atoms with Crippen LogP contribution in [0.25, 0.3) is 16.7 Å². The van der Waals surface area contributed by atoms with E-state index in [9.17, 15) is 4.79 Å². The van der Waals surface area contributed by atoms with E-state index >= 15 is 0 Å². The Morgan fingerprint density at radius 1 is 0.926 bits per heavy atom. The first kappa shape index (κ1) is 19.1. The van der Waals surface area contributed by atoms with E-state index in [1.165, 1.54) is 6.92 Å². The van der Waals surface area contributed by atoms with Crippen molar-refractivity contribution in [1.82, 2.24) is 15.0 Å². The summed E-state index contributed by atoms with van der Waals surface area (Å²) in [5.74, 6) is 0.158. The lowest BCUT2D eigenvalue weighted by atomic mass is 9.79. The average Bonchev–Trinajstić information content (AvgIpc) is 2.96. The molecule has 1 aromatic heterocycles. The maximum absolute atomic E-state index is 11.9. The monoisotopic (exact) mass is 365 g/mol. The molecule has 0 N–H and O–H groups in total. The molecule has 0 unspecified atom stereocenters. The van der Waals surface area contributed by atoms with E-state index < -0.39 is 0 Å². The first-order valence-corrected chi connectivity index (χ1v) is 9.17. The summed E-state index contributed by atoms with van der Waals surface area (Å²) in [6, 6.07) is 11.9. The zero-order valence-electron chi connectivity index (χ0n) is 17.1. The van der Waals surface area contributed by atoms with Gasteiger partial charge in [0.05, 0.1) is 0 Å². The van der Waals surface area contributed by atoms with Crippen molar-refractivity contribution in [3.05, 3.63) is 47.5 Å². The van der Waals surface area contributed by atoms with Gasteiger partial charge in [-0.05, 0) is 34.6 Å². The van der Waals surface area contributed by atoms with Crippen molar-refractivity contribution >= 4 is 17.0 Å². The number of nitrogens with zero attached hydrogens (tertiary/aromatic N) is 3. The summed E-state index contributed by atoms with van der Waals surface area (Å²) in [4.78, 5) is 13.4. The number of esters is 1. The van der Waals surface area contributed by atoms with Crippen LogP contribution in [0, 0.1) is 0 Å². The third kappa shape index (κ3) is 3.87. The highest BCUT2D eigenvalue weighted by Gasteiger charge is 2.28. The second-order valence-corrected chi connectivity index (χ2v) is 8.94. The van der Waals surface area contributed by atoms with E-state index in [2.05, 4.69) is 57.8 Å². The van der Waals surface area contributed by atoms with Gasteiger partial charge in [-0.3, -0.25) is 4.79 Å². The molecule has 0 fully saturated rings. The molecule has 0 saturated carbocycles. The molecule has 0 saturated heterocycles. The fourth-order valence-electron chi connectivity index (χ4n) is 2.97. The number of hydrogen-bond donors (Lipinski definition) is 0. The molecule has 142 valence electrons. The number of benzene rings is 2. The number of rotatable bonds is 2. The summed E-state index contributed by atoms with van der Waals surface area (Å²) in [6.07, 6.45) is 0. The van der Waals surface area contributed by atoms with E-state index in [-0.39, 0.29) is 16.8 Å². The highest BCUT2D eigenvalue weighted by atomic mass is 16.5. The molecule has 0 bridgehead atoms. The van der Waals surface area contributed by atoms with Gasteiger partial charge in [0.15, 0.2) is 5.75 Å². The number of aromatic nitrogens is 3.